The number of nitrogens with one attached hydrogen (secondary N) is 1. The van der Waals surface area contributed by atoms with Crippen molar-refractivity contribution in [2.24, 2.45) is 0 Å². The van der Waals surface area contributed by atoms with Gasteiger partial charge in [0.1, 0.15) is 0 Å². The summed E-state index contributed by atoms with van der Waals surface area (Å²) in [7, 11) is 0. The SMILES string of the molecule is CCNCC1(OC2CCOCC2)CCCC1. The molecule has 0 bridgehead atoms. The van der Waals surface area contributed by atoms with E-state index in [1.165, 1.54) is 25.7 Å². The molecule has 0 aromatic heterocycles. The Bertz CT molecular complexity index is 196. The van der Waals surface area contributed by atoms with Crippen LogP contribution in [0.1, 0.15) is 45.4 Å². The summed E-state index contributed by atoms with van der Waals surface area (Å²) in [6.45, 7) is 5.99. The van der Waals surface area contributed by atoms with Crippen molar-refractivity contribution in [1.82, 2.24) is 5.32 Å². The molecular weight excluding hydrogens is 202 g/mol. The van der Waals surface area contributed by atoms with Crippen LogP contribution in [-0.4, -0.2) is 38.0 Å². The van der Waals surface area contributed by atoms with Gasteiger partial charge in [-0.3, -0.25) is 0 Å². The Morgan fingerprint density at radius 2 is 1.94 bits per heavy atom. The van der Waals surface area contributed by atoms with E-state index < -0.39 is 0 Å². The second kappa shape index (κ2) is 5.99. The van der Waals surface area contributed by atoms with E-state index in [1.54, 1.807) is 0 Å². The molecule has 0 aromatic carbocycles. The second-order valence-electron chi connectivity index (χ2n) is 5.10. The minimum absolute atomic E-state index is 0.137. The van der Waals surface area contributed by atoms with Gasteiger partial charge in [0, 0.05) is 19.8 Å². The molecule has 0 atom stereocenters. The molecule has 1 aliphatic heterocycles. The average Bonchev–Trinajstić information content (AvgIpc) is 2.77. The Labute approximate surface area is 98.9 Å². The number of rotatable bonds is 5. The Morgan fingerprint density at radius 1 is 1.25 bits per heavy atom. The smallest absolute Gasteiger partial charge is 0.0810 e. The third kappa shape index (κ3) is 3.19. The van der Waals surface area contributed by atoms with Crippen LogP contribution in [0.2, 0.25) is 0 Å². The van der Waals surface area contributed by atoms with Crippen molar-refractivity contribution in [3.05, 3.63) is 0 Å². The molecule has 1 N–H and O–H groups in total. The quantitative estimate of drug-likeness (QED) is 0.780. The van der Waals surface area contributed by atoms with Gasteiger partial charge >= 0.3 is 0 Å². The lowest BCUT2D eigenvalue weighted by Crippen LogP contribution is -2.44. The molecule has 1 aliphatic carbocycles. The third-order valence-electron chi connectivity index (χ3n) is 3.80. The van der Waals surface area contributed by atoms with Gasteiger partial charge in [0.25, 0.3) is 0 Å². The zero-order chi connectivity index (χ0) is 11.3. The summed E-state index contributed by atoms with van der Waals surface area (Å²) >= 11 is 0. The van der Waals surface area contributed by atoms with E-state index in [0.717, 1.165) is 39.1 Å². The zero-order valence-electron chi connectivity index (χ0n) is 10.5. The molecule has 2 aliphatic rings. The summed E-state index contributed by atoms with van der Waals surface area (Å²) in [5, 5.41) is 3.46. The summed E-state index contributed by atoms with van der Waals surface area (Å²) in [4.78, 5) is 0. The van der Waals surface area contributed by atoms with Crippen LogP contribution in [0.4, 0.5) is 0 Å². The molecule has 0 aromatic rings. The Kier molecular flexibility index (Phi) is 4.62. The monoisotopic (exact) mass is 227 g/mol. The highest BCUT2D eigenvalue weighted by Gasteiger charge is 2.36. The van der Waals surface area contributed by atoms with Gasteiger partial charge in [0.15, 0.2) is 0 Å². The minimum Gasteiger partial charge on any atom is -0.381 e. The number of hydrogen-bond acceptors (Lipinski definition) is 3. The van der Waals surface area contributed by atoms with Gasteiger partial charge in [-0.2, -0.15) is 0 Å². The molecule has 1 saturated carbocycles. The van der Waals surface area contributed by atoms with Gasteiger partial charge in [-0.15, -0.1) is 0 Å². The van der Waals surface area contributed by atoms with Crippen LogP contribution in [0.25, 0.3) is 0 Å². The average molecular weight is 227 g/mol. The van der Waals surface area contributed by atoms with E-state index in [0.29, 0.717) is 6.10 Å². The highest BCUT2D eigenvalue weighted by atomic mass is 16.5. The van der Waals surface area contributed by atoms with E-state index >= 15 is 0 Å². The molecule has 94 valence electrons. The van der Waals surface area contributed by atoms with Crippen LogP contribution in [0.15, 0.2) is 0 Å². The second-order valence-corrected chi connectivity index (χ2v) is 5.10. The van der Waals surface area contributed by atoms with Crippen LogP contribution < -0.4 is 5.32 Å². The fourth-order valence-electron chi connectivity index (χ4n) is 2.86. The van der Waals surface area contributed by atoms with Crippen LogP contribution in [-0.2, 0) is 9.47 Å². The summed E-state index contributed by atoms with van der Waals surface area (Å²) < 4.78 is 11.8. The largest absolute Gasteiger partial charge is 0.381 e. The molecule has 2 rings (SSSR count). The maximum Gasteiger partial charge on any atom is 0.0810 e. The van der Waals surface area contributed by atoms with Gasteiger partial charge in [-0.1, -0.05) is 19.8 Å². The molecule has 0 amide bonds. The van der Waals surface area contributed by atoms with Crippen molar-refractivity contribution in [3.63, 3.8) is 0 Å². The summed E-state index contributed by atoms with van der Waals surface area (Å²) in [5.74, 6) is 0. The molecule has 1 saturated heterocycles. The summed E-state index contributed by atoms with van der Waals surface area (Å²) in [6, 6.07) is 0. The first-order valence-electron chi connectivity index (χ1n) is 6.81. The van der Waals surface area contributed by atoms with Gasteiger partial charge < -0.3 is 14.8 Å². The van der Waals surface area contributed by atoms with E-state index in [9.17, 15) is 0 Å². The first-order valence-corrected chi connectivity index (χ1v) is 6.81. The van der Waals surface area contributed by atoms with Crippen molar-refractivity contribution in [2.75, 3.05) is 26.3 Å². The first kappa shape index (κ1) is 12.3. The fourth-order valence-corrected chi connectivity index (χ4v) is 2.86. The van der Waals surface area contributed by atoms with Crippen molar-refractivity contribution in [1.29, 1.82) is 0 Å². The van der Waals surface area contributed by atoms with E-state index in [2.05, 4.69) is 12.2 Å². The first-order chi connectivity index (χ1) is 7.85. The standard InChI is InChI=1S/C13H25NO2/c1-2-14-11-13(7-3-4-8-13)16-12-5-9-15-10-6-12/h12,14H,2-11H2,1H3. The van der Waals surface area contributed by atoms with Crippen molar-refractivity contribution < 1.29 is 9.47 Å². The number of hydrogen-bond donors (Lipinski definition) is 1. The summed E-state index contributed by atoms with van der Waals surface area (Å²) in [5.41, 5.74) is 0.137. The summed E-state index contributed by atoms with van der Waals surface area (Å²) in [6.07, 6.45) is 7.71. The van der Waals surface area contributed by atoms with Crippen LogP contribution in [0.3, 0.4) is 0 Å². The normalized spacial score (nSPS) is 26.1. The molecule has 1 heterocycles. The number of likely N-dealkylation sites (N-methyl/N-ethyl adjacent to an activating group) is 1. The van der Waals surface area contributed by atoms with Gasteiger partial charge in [0.05, 0.1) is 11.7 Å². The molecule has 2 fully saturated rings. The highest BCUT2D eigenvalue weighted by molar-refractivity contribution is 4.90. The molecule has 0 radical (unpaired) electrons. The lowest BCUT2D eigenvalue weighted by atomic mass is 10.0. The van der Waals surface area contributed by atoms with Crippen molar-refractivity contribution >= 4 is 0 Å². The third-order valence-corrected chi connectivity index (χ3v) is 3.80. The van der Waals surface area contributed by atoms with Gasteiger partial charge in [-0.05, 0) is 32.2 Å². The number of ether oxygens (including phenoxy) is 2. The highest BCUT2D eigenvalue weighted by Crippen LogP contribution is 2.35. The Hall–Kier alpha value is -0.120. The van der Waals surface area contributed by atoms with Crippen LogP contribution in [0, 0.1) is 0 Å². The van der Waals surface area contributed by atoms with Gasteiger partial charge in [-0.25, -0.2) is 0 Å². The van der Waals surface area contributed by atoms with Gasteiger partial charge in [0.2, 0.25) is 0 Å². The fraction of sp³-hybridized carbons (Fsp3) is 1.00. The van der Waals surface area contributed by atoms with E-state index in [-0.39, 0.29) is 5.60 Å². The predicted molar refractivity (Wildman–Crippen MR) is 64.7 cm³/mol. The molecule has 3 nitrogen and oxygen atoms in total. The van der Waals surface area contributed by atoms with E-state index in [4.69, 9.17) is 9.47 Å². The maximum absolute atomic E-state index is 6.40. The van der Waals surface area contributed by atoms with Crippen LogP contribution >= 0.6 is 0 Å². The predicted octanol–water partition coefficient (Wildman–Crippen LogP) is 2.10. The van der Waals surface area contributed by atoms with Crippen molar-refractivity contribution in [3.8, 4) is 0 Å². The van der Waals surface area contributed by atoms with Crippen molar-refractivity contribution in [2.45, 2.75) is 57.2 Å². The molecule has 3 heteroatoms. The minimum atomic E-state index is 0.137. The maximum atomic E-state index is 6.40. The lowest BCUT2D eigenvalue weighted by molar-refractivity contribution is -0.121. The lowest BCUT2D eigenvalue weighted by Gasteiger charge is -2.35. The zero-order valence-corrected chi connectivity index (χ0v) is 10.5. The Morgan fingerprint density at radius 3 is 2.56 bits per heavy atom. The molecule has 16 heavy (non-hydrogen) atoms. The molecule has 0 unspecified atom stereocenters. The van der Waals surface area contributed by atoms with Crippen LogP contribution in [0.5, 0.6) is 0 Å². The molecular formula is C13H25NO2. The topological polar surface area (TPSA) is 30.5 Å². The van der Waals surface area contributed by atoms with E-state index in [1.807, 2.05) is 0 Å². The Balaban J connectivity index is 1.85. The molecule has 0 spiro atoms.